The Morgan fingerprint density at radius 2 is 1.86 bits per heavy atom. The molecule has 6 N–H and O–H groups in total. The summed E-state index contributed by atoms with van der Waals surface area (Å²) in [6.07, 6.45) is -1.33. The van der Waals surface area contributed by atoms with E-state index in [1.807, 2.05) is 4.83 Å². The van der Waals surface area contributed by atoms with Gasteiger partial charge in [-0.05, 0) is 0 Å². The molecule has 0 bridgehead atoms. The van der Waals surface area contributed by atoms with E-state index in [1.165, 1.54) is 0 Å². The van der Waals surface area contributed by atoms with E-state index in [2.05, 4.69) is 24.4 Å². The van der Waals surface area contributed by atoms with Crippen LogP contribution in [0.15, 0.2) is 0 Å². The fraction of sp³-hybridized carbons (Fsp3) is 0. The zero-order chi connectivity index (χ0) is 6.28. The topological polar surface area (TPSA) is 101 Å². The summed E-state index contributed by atoms with van der Waals surface area (Å²) >= 11 is 3.32. The number of carboxylic acid groups (broad SMARTS) is 1. The first kappa shape index (κ1) is 9.74. The Hall–Kier alpha value is -0.460. The molecule has 0 heterocycles. The quantitative estimate of drug-likeness (QED) is 0.161. The number of primary amides is 1. The van der Waals surface area contributed by atoms with Crippen molar-refractivity contribution in [3.05, 3.63) is 0 Å². The standard InChI is InChI=1S/CH3NO2.H4N2S/c2-1(3)4;1-2-3/h2H2,(H,3,4);2-3H,1H2. The Morgan fingerprint density at radius 1 is 1.86 bits per heavy atom. The predicted octanol–water partition coefficient (Wildman–Crippen LogP) is -1.08. The third kappa shape index (κ3) is 328. The number of hydrogen-bond donors (Lipinski definition) is 5. The van der Waals surface area contributed by atoms with Gasteiger partial charge in [0.25, 0.3) is 0 Å². The largest absolute Gasteiger partial charge is 0.465 e. The van der Waals surface area contributed by atoms with E-state index in [0.29, 0.717) is 0 Å². The SMILES string of the molecule is NC(=O)O.NNS. The number of amides is 1. The molecule has 0 fully saturated rings. The van der Waals surface area contributed by atoms with Crippen molar-refractivity contribution in [2.45, 2.75) is 0 Å². The molecule has 0 aromatic rings. The van der Waals surface area contributed by atoms with E-state index in [-0.39, 0.29) is 0 Å². The number of carbonyl (C=O) groups is 1. The second-order valence-electron chi connectivity index (χ2n) is 0.467. The fourth-order valence-electron chi connectivity index (χ4n) is 0. The monoisotopic (exact) mass is 125 g/mol. The number of hydrazine groups is 1. The molecule has 0 aliphatic carbocycles. The van der Waals surface area contributed by atoms with Gasteiger partial charge in [-0.3, -0.25) is 5.84 Å². The van der Waals surface area contributed by atoms with Crippen molar-refractivity contribution >= 4 is 18.9 Å². The summed E-state index contributed by atoms with van der Waals surface area (Å²) in [4.78, 5) is 10.7. The minimum Gasteiger partial charge on any atom is -0.465 e. The number of hydrogen-bond acceptors (Lipinski definition) is 4. The van der Waals surface area contributed by atoms with Gasteiger partial charge in [0, 0.05) is 0 Å². The number of thiol groups is 1. The number of nitrogens with two attached hydrogens (primary N) is 2. The van der Waals surface area contributed by atoms with Crippen LogP contribution in [0.3, 0.4) is 0 Å². The first-order chi connectivity index (χ1) is 3.15. The molecule has 0 spiro atoms. The van der Waals surface area contributed by atoms with Crippen LogP contribution in [0.2, 0.25) is 0 Å². The molecule has 0 atom stereocenters. The summed E-state index contributed by atoms with van der Waals surface area (Å²) in [7, 11) is 0. The van der Waals surface area contributed by atoms with Gasteiger partial charge in [0.05, 0.1) is 0 Å². The minimum atomic E-state index is -1.33. The van der Waals surface area contributed by atoms with Gasteiger partial charge in [-0.25, -0.2) is 9.63 Å². The van der Waals surface area contributed by atoms with E-state index < -0.39 is 6.09 Å². The Morgan fingerprint density at radius 3 is 1.86 bits per heavy atom. The van der Waals surface area contributed by atoms with Crippen LogP contribution in [-0.2, 0) is 0 Å². The van der Waals surface area contributed by atoms with Crippen molar-refractivity contribution in [3.8, 4) is 0 Å². The Labute approximate surface area is 46.2 Å². The summed E-state index contributed by atoms with van der Waals surface area (Å²) < 4.78 is 0. The van der Waals surface area contributed by atoms with Crippen LogP contribution < -0.4 is 16.4 Å². The van der Waals surface area contributed by atoms with Gasteiger partial charge in [0.2, 0.25) is 0 Å². The highest BCUT2D eigenvalue weighted by Crippen LogP contribution is 1.34. The number of nitrogens with one attached hydrogen (secondary N) is 1. The molecule has 0 aromatic carbocycles. The zero-order valence-corrected chi connectivity index (χ0v) is 4.35. The van der Waals surface area contributed by atoms with E-state index in [9.17, 15) is 0 Å². The van der Waals surface area contributed by atoms with Crippen molar-refractivity contribution in [2.75, 3.05) is 0 Å². The smallest absolute Gasteiger partial charge is 0.402 e. The van der Waals surface area contributed by atoms with Crippen LogP contribution in [-0.4, -0.2) is 11.2 Å². The molecule has 0 saturated heterocycles. The van der Waals surface area contributed by atoms with Crippen LogP contribution in [0.25, 0.3) is 0 Å². The molecular formula is CH7N3O2S. The highest BCUT2D eigenvalue weighted by atomic mass is 32.1. The molecule has 0 aliphatic heterocycles. The first-order valence-electron chi connectivity index (χ1n) is 1.23. The van der Waals surface area contributed by atoms with Crippen molar-refractivity contribution in [1.82, 2.24) is 4.83 Å². The van der Waals surface area contributed by atoms with E-state index in [1.54, 1.807) is 0 Å². The summed E-state index contributed by atoms with van der Waals surface area (Å²) in [6.45, 7) is 0. The van der Waals surface area contributed by atoms with Gasteiger partial charge >= 0.3 is 6.09 Å². The summed E-state index contributed by atoms with van der Waals surface area (Å²) in [5.74, 6) is 4.46. The minimum absolute atomic E-state index is 1.33. The molecular weight excluding hydrogens is 118 g/mol. The molecule has 5 nitrogen and oxygen atoms in total. The molecule has 0 aliphatic rings. The van der Waals surface area contributed by atoms with Crippen LogP contribution in [0.5, 0.6) is 0 Å². The molecule has 0 aromatic heterocycles. The lowest BCUT2D eigenvalue weighted by Crippen LogP contribution is -2.05. The first-order valence-corrected chi connectivity index (χ1v) is 1.68. The maximum absolute atomic E-state index is 8.78. The van der Waals surface area contributed by atoms with E-state index >= 15 is 0 Å². The molecule has 0 unspecified atom stereocenters. The van der Waals surface area contributed by atoms with Crippen molar-refractivity contribution in [3.63, 3.8) is 0 Å². The fourth-order valence-corrected chi connectivity index (χ4v) is 0. The van der Waals surface area contributed by atoms with Gasteiger partial charge in [-0.15, -0.1) is 0 Å². The summed E-state index contributed by atoms with van der Waals surface area (Å²) in [6, 6.07) is 0. The average Bonchev–Trinajstić information content (AvgIpc) is 1.33. The van der Waals surface area contributed by atoms with Gasteiger partial charge in [0.1, 0.15) is 0 Å². The third-order valence-electron chi connectivity index (χ3n) is 0. The highest BCUT2D eigenvalue weighted by molar-refractivity contribution is 7.78. The lowest BCUT2D eigenvalue weighted by atomic mass is 11.3. The molecule has 0 radical (unpaired) electrons. The second kappa shape index (κ2) is 9.11. The van der Waals surface area contributed by atoms with Gasteiger partial charge in [0.15, 0.2) is 0 Å². The molecule has 0 saturated carbocycles. The Kier molecular flexibility index (Phi) is 12.7. The van der Waals surface area contributed by atoms with Crippen LogP contribution in [0.4, 0.5) is 4.79 Å². The predicted molar refractivity (Wildman–Crippen MR) is 28.5 cm³/mol. The zero-order valence-electron chi connectivity index (χ0n) is 3.46. The highest BCUT2D eigenvalue weighted by Gasteiger charge is 1.65. The van der Waals surface area contributed by atoms with Crippen LogP contribution in [0, 0.1) is 0 Å². The molecule has 6 heteroatoms. The van der Waals surface area contributed by atoms with Gasteiger partial charge < -0.3 is 10.8 Å². The Balaban J connectivity index is 0. The molecule has 44 valence electrons. The average molecular weight is 125 g/mol. The summed E-state index contributed by atoms with van der Waals surface area (Å²) in [5, 5.41) is 7.19. The lowest BCUT2D eigenvalue weighted by Gasteiger charge is -1.61. The van der Waals surface area contributed by atoms with Gasteiger partial charge in [-0.1, -0.05) is 12.8 Å². The van der Waals surface area contributed by atoms with Gasteiger partial charge in [-0.2, -0.15) is 0 Å². The van der Waals surface area contributed by atoms with Crippen molar-refractivity contribution in [1.29, 1.82) is 0 Å². The van der Waals surface area contributed by atoms with Crippen molar-refractivity contribution < 1.29 is 9.90 Å². The maximum Gasteiger partial charge on any atom is 0.402 e. The molecule has 7 heavy (non-hydrogen) atoms. The summed E-state index contributed by atoms with van der Waals surface area (Å²) in [5.41, 5.74) is 4.03. The molecule has 1 amide bonds. The third-order valence-corrected chi connectivity index (χ3v) is 0. The molecule has 0 rings (SSSR count). The maximum atomic E-state index is 8.78. The number of rotatable bonds is 0. The van der Waals surface area contributed by atoms with E-state index in [0.717, 1.165) is 0 Å². The van der Waals surface area contributed by atoms with Crippen molar-refractivity contribution in [2.24, 2.45) is 11.6 Å². The van der Waals surface area contributed by atoms with Crippen LogP contribution in [0.1, 0.15) is 0 Å². The normalized spacial score (nSPS) is 6.00. The lowest BCUT2D eigenvalue weighted by molar-refractivity contribution is 0.205. The Bertz CT molecular complexity index is 44.2. The van der Waals surface area contributed by atoms with Crippen LogP contribution >= 0.6 is 12.8 Å². The second-order valence-corrected chi connectivity index (χ2v) is 0.726. The van der Waals surface area contributed by atoms with E-state index in [4.69, 9.17) is 9.90 Å².